The molecular formula is C16H19FN2O2. The highest BCUT2D eigenvalue weighted by molar-refractivity contribution is 5.95. The largest absolute Gasteiger partial charge is 0.384 e. The van der Waals surface area contributed by atoms with E-state index in [9.17, 15) is 9.18 Å². The molecule has 1 amide bonds. The van der Waals surface area contributed by atoms with Gasteiger partial charge in [0.15, 0.2) is 0 Å². The van der Waals surface area contributed by atoms with Gasteiger partial charge in [0.1, 0.15) is 12.4 Å². The minimum absolute atomic E-state index is 0.0409. The minimum atomic E-state index is -0.539. The van der Waals surface area contributed by atoms with Gasteiger partial charge in [-0.2, -0.15) is 0 Å². The second-order valence-electron chi connectivity index (χ2n) is 5.31. The normalized spacial score (nSPS) is 17.8. The van der Waals surface area contributed by atoms with Crippen molar-refractivity contribution in [1.29, 1.82) is 0 Å². The molecule has 5 heteroatoms. The molecule has 1 aliphatic heterocycles. The summed E-state index contributed by atoms with van der Waals surface area (Å²) in [5, 5.41) is 8.69. The zero-order valence-electron chi connectivity index (χ0n) is 12.3. The Bertz CT molecular complexity index is 590. The monoisotopic (exact) mass is 290 g/mol. The van der Waals surface area contributed by atoms with Crippen molar-refractivity contribution in [3.8, 4) is 11.8 Å². The fraction of sp³-hybridized carbons (Fsp3) is 0.438. The molecule has 21 heavy (non-hydrogen) atoms. The third kappa shape index (κ3) is 3.60. The maximum absolute atomic E-state index is 13.9. The van der Waals surface area contributed by atoms with Crippen molar-refractivity contribution in [3.05, 3.63) is 35.1 Å². The summed E-state index contributed by atoms with van der Waals surface area (Å²) in [5.41, 5.74) is 0.566. The number of benzene rings is 1. The van der Waals surface area contributed by atoms with Crippen molar-refractivity contribution >= 4 is 5.91 Å². The van der Waals surface area contributed by atoms with Crippen molar-refractivity contribution < 1.29 is 14.3 Å². The fourth-order valence-corrected chi connectivity index (χ4v) is 2.43. The Labute approximate surface area is 124 Å². The number of aliphatic hydroxyl groups is 1. The molecule has 112 valence electrons. The quantitative estimate of drug-likeness (QED) is 0.825. The number of hydrogen-bond acceptors (Lipinski definition) is 3. The Hall–Kier alpha value is -1.90. The number of rotatable bonds is 2. The van der Waals surface area contributed by atoms with Gasteiger partial charge in [0, 0.05) is 24.7 Å². The zero-order chi connectivity index (χ0) is 15.4. The molecule has 0 aromatic heterocycles. The van der Waals surface area contributed by atoms with Gasteiger partial charge in [-0.3, -0.25) is 4.79 Å². The van der Waals surface area contributed by atoms with E-state index >= 15 is 0 Å². The molecule has 1 aromatic carbocycles. The van der Waals surface area contributed by atoms with Crippen molar-refractivity contribution in [1.82, 2.24) is 9.80 Å². The van der Waals surface area contributed by atoms with Gasteiger partial charge in [-0.1, -0.05) is 11.8 Å². The molecule has 1 aliphatic rings. The van der Waals surface area contributed by atoms with E-state index in [1.807, 2.05) is 14.1 Å². The first-order chi connectivity index (χ1) is 10.0. The summed E-state index contributed by atoms with van der Waals surface area (Å²) >= 11 is 0. The molecule has 1 fully saturated rings. The Kier molecular flexibility index (Phi) is 4.94. The van der Waals surface area contributed by atoms with Crippen LogP contribution in [0.2, 0.25) is 0 Å². The summed E-state index contributed by atoms with van der Waals surface area (Å²) < 4.78 is 13.9. The van der Waals surface area contributed by atoms with Gasteiger partial charge in [-0.15, -0.1) is 0 Å². The summed E-state index contributed by atoms with van der Waals surface area (Å²) in [6.07, 6.45) is 0.893. The second-order valence-corrected chi connectivity index (χ2v) is 5.31. The van der Waals surface area contributed by atoms with E-state index in [1.165, 1.54) is 18.2 Å². The van der Waals surface area contributed by atoms with Crippen molar-refractivity contribution in [3.63, 3.8) is 0 Å². The van der Waals surface area contributed by atoms with Crippen LogP contribution in [0.15, 0.2) is 18.2 Å². The molecule has 0 saturated carbocycles. The average molecular weight is 290 g/mol. The highest BCUT2D eigenvalue weighted by Gasteiger charge is 2.29. The lowest BCUT2D eigenvalue weighted by atomic mass is 10.1. The van der Waals surface area contributed by atoms with E-state index < -0.39 is 5.82 Å². The number of carbonyl (C=O) groups is 1. The zero-order valence-corrected chi connectivity index (χ0v) is 12.3. The SMILES string of the molecule is CN(C)C1CCN(C(=O)c2cc(C#CCO)ccc2F)C1. The lowest BCUT2D eigenvalue weighted by Gasteiger charge is -2.20. The lowest BCUT2D eigenvalue weighted by Crippen LogP contribution is -2.34. The third-order valence-corrected chi connectivity index (χ3v) is 3.69. The first-order valence-corrected chi connectivity index (χ1v) is 6.88. The van der Waals surface area contributed by atoms with Crippen LogP contribution in [0.1, 0.15) is 22.3 Å². The molecule has 1 heterocycles. The van der Waals surface area contributed by atoms with Crippen molar-refractivity contribution in [2.45, 2.75) is 12.5 Å². The van der Waals surface area contributed by atoms with Crippen LogP contribution in [-0.2, 0) is 0 Å². The van der Waals surface area contributed by atoms with Crippen LogP contribution in [0.5, 0.6) is 0 Å². The van der Waals surface area contributed by atoms with Crippen LogP contribution in [-0.4, -0.2) is 60.6 Å². The van der Waals surface area contributed by atoms with Gasteiger partial charge in [0.2, 0.25) is 0 Å². The predicted octanol–water partition coefficient (Wildman–Crippen LogP) is 0.946. The molecule has 0 spiro atoms. The molecule has 1 N–H and O–H groups in total. The van der Waals surface area contributed by atoms with Crippen molar-refractivity contribution in [2.24, 2.45) is 0 Å². The number of hydrogen-bond donors (Lipinski definition) is 1. The first kappa shape index (κ1) is 15.5. The van der Waals surface area contributed by atoms with Crippen LogP contribution in [0.25, 0.3) is 0 Å². The second kappa shape index (κ2) is 6.70. The molecule has 1 unspecified atom stereocenters. The molecule has 1 atom stereocenters. The van der Waals surface area contributed by atoms with E-state index in [0.29, 0.717) is 24.7 Å². The average Bonchev–Trinajstić information content (AvgIpc) is 2.95. The lowest BCUT2D eigenvalue weighted by molar-refractivity contribution is 0.0778. The van der Waals surface area contributed by atoms with Gasteiger partial charge in [-0.05, 0) is 38.7 Å². The summed E-state index contributed by atoms with van der Waals surface area (Å²) in [6, 6.07) is 4.51. The number of likely N-dealkylation sites (N-methyl/N-ethyl adjacent to an activating group) is 1. The van der Waals surface area contributed by atoms with E-state index in [-0.39, 0.29) is 18.1 Å². The van der Waals surface area contributed by atoms with Crippen LogP contribution >= 0.6 is 0 Å². The summed E-state index contributed by atoms with van der Waals surface area (Å²) in [5.74, 6) is 4.34. The van der Waals surface area contributed by atoms with Gasteiger partial charge < -0.3 is 14.9 Å². The molecule has 0 aliphatic carbocycles. The molecule has 0 radical (unpaired) electrons. The van der Waals surface area contributed by atoms with Crippen molar-refractivity contribution in [2.75, 3.05) is 33.8 Å². The van der Waals surface area contributed by atoms with E-state index in [4.69, 9.17) is 5.11 Å². The van der Waals surface area contributed by atoms with Crippen LogP contribution in [0, 0.1) is 17.7 Å². The fourth-order valence-electron chi connectivity index (χ4n) is 2.43. The highest BCUT2D eigenvalue weighted by Crippen LogP contribution is 2.19. The Morgan fingerprint density at radius 1 is 1.52 bits per heavy atom. The molecule has 2 rings (SSSR count). The minimum Gasteiger partial charge on any atom is -0.384 e. The van der Waals surface area contributed by atoms with Gasteiger partial charge in [0.05, 0.1) is 5.56 Å². The number of aliphatic hydroxyl groups excluding tert-OH is 1. The Balaban J connectivity index is 2.19. The third-order valence-electron chi connectivity index (χ3n) is 3.69. The van der Waals surface area contributed by atoms with Crippen LogP contribution in [0.3, 0.4) is 0 Å². The summed E-state index contributed by atoms with van der Waals surface area (Å²) in [6.45, 7) is 0.975. The summed E-state index contributed by atoms with van der Waals surface area (Å²) in [7, 11) is 3.95. The van der Waals surface area contributed by atoms with Gasteiger partial charge >= 0.3 is 0 Å². The number of amides is 1. The molecule has 1 saturated heterocycles. The molecular weight excluding hydrogens is 271 g/mol. The maximum atomic E-state index is 13.9. The van der Waals surface area contributed by atoms with Gasteiger partial charge in [0.25, 0.3) is 5.91 Å². The van der Waals surface area contributed by atoms with E-state index in [2.05, 4.69) is 16.7 Å². The smallest absolute Gasteiger partial charge is 0.256 e. The topological polar surface area (TPSA) is 43.8 Å². The number of halogens is 1. The predicted molar refractivity (Wildman–Crippen MR) is 78.4 cm³/mol. The first-order valence-electron chi connectivity index (χ1n) is 6.88. The molecule has 4 nitrogen and oxygen atoms in total. The maximum Gasteiger partial charge on any atom is 0.256 e. The van der Waals surface area contributed by atoms with Crippen LogP contribution < -0.4 is 0 Å². The van der Waals surface area contributed by atoms with E-state index in [0.717, 1.165) is 6.42 Å². The molecule has 0 bridgehead atoms. The number of carbonyl (C=O) groups excluding carboxylic acids is 1. The standard InChI is InChI=1S/C16H19FN2O2/c1-18(2)13-7-8-19(11-13)16(21)14-10-12(4-3-9-20)5-6-15(14)17/h5-6,10,13,20H,7-9,11H2,1-2H3. The molecule has 1 aromatic rings. The van der Waals surface area contributed by atoms with Gasteiger partial charge in [-0.25, -0.2) is 4.39 Å². The van der Waals surface area contributed by atoms with E-state index in [1.54, 1.807) is 4.90 Å². The number of likely N-dealkylation sites (tertiary alicyclic amines) is 1. The Morgan fingerprint density at radius 3 is 2.90 bits per heavy atom. The highest BCUT2D eigenvalue weighted by atomic mass is 19.1. The Morgan fingerprint density at radius 2 is 2.29 bits per heavy atom. The number of nitrogens with zero attached hydrogens (tertiary/aromatic N) is 2. The summed E-state index contributed by atoms with van der Waals surface area (Å²) in [4.78, 5) is 16.2. The van der Waals surface area contributed by atoms with Crippen LogP contribution in [0.4, 0.5) is 4.39 Å².